The molecule has 2 atom stereocenters. The summed E-state index contributed by atoms with van der Waals surface area (Å²) in [5.41, 5.74) is 3.00. The zero-order valence-electron chi connectivity index (χ0n) is 12.3. The highest BCUT2D eigenvalue weighted by atomic mass is 16.5. The van der Waals surface area contributed by atoms with Gasteiger partial charge >= 0.3 is 5.97 Å². The third-order valence-corrected chi connectivity index (χ3v) is 3.62. The lowest BCUT2D eigenvalue weighted by molar-refractivity contribution is -0.138. The van der Waals surface area contributed by atoms with Crippen LogP contribution >= 0.6 is 0 Å². The normalized spacial score (nSPS) is 13.6. The molecule has 2 rings (SSSR count). The molecule has 3 nitrogen and oxygen atoms in total. The van der Waals surface area contributed by atoms with Gasteiger partial charge in [0.25, 0.3) is 0 Å². The van der Waals surface area contributed by atoms with Crippen LogP contribution in [0.1, 0.15) is 42.6 Å². The van der Waals surface area contributed by atoms with Gasteiger partial charge < -0.3 is 9.84 Å². The van der Waals surface area contributed by atoms with Gasteiger partial charge in [0.2, 0.25) is 0 Å². The Morgan fingerprint density at radius 3 is 2.19 bits per heavy atom. The molecular formula is C18H20O3. The fraction of sp³-hybridized carbons (Fsp3) is 0.278. The maximum atomic E-state index is 10.9. The molecule has 21 heavy (non-hydrogen) atoms. The number of ether oxygens (including phenoxy) is 1. The van der Waals surface area contributed by atoms with Gasteiger partial charge in [-0.25, -0.2) is 0 Å². The Bertz CT molecular complexity index is 575. The molecule has 0 aromatic heterocycles. The number of aliphatic carboxylic acids is 1. The minimum Gasteiger partial charge on any atom is -0.481 e. The van der Waals surface area contributed by atoms with Crippen LogP contribution in [0.5, 0.6) is 0 Å². The van der Waals surface area contributed by atoms with Crippen molar-refractivity contribution in [1.29, 1.82) is 0 Å². The quantitative estimate of drug-likeness (QED) is 0.866. The Labute approximate surface area is 125 Å². The van der Waals surface area contributed by atoms with Crippen LogP contribution in [0.4, 0.5) is 0 Å². The van der Waals surface area contributed by atoms with Crippen molar-refractivity contribution in [2.75, 3.05) is 0 Å². The highest BCUT2D eigenvalue weighted by Crippen LogP contribution is 2.20. The van der Waals surface area contributed by atoms with Gasteiger partial charge in [-0.05, 0) is 30.5 Å². The molecular weight excluding hydrogens is 264 g/mol. The van der Waals surface area contributed by atoms with E-state index in [0.29, 0.717) is 6.61 Å². The molecule has 1 N–H and O–H groups in total. The van der Waals surface area contributed by atoms with Crippen molar-refractivity contribution < 1.29 is 14.6 Å². The van der Waals surface area contributed by atoms with E-state index in [4.69, 9.17) is 9.84 Å². The second-order valence-corrected chi connectivity index (χ2v) is 5.17. The van der Waals surface area contributed by atoms with Gasteiger partial charge in [-0.1, -0.05) is 54.6 Å². The summed E-state index contributed by atoms with van der Waals surface area (Å²) in [4.78, 5) is 10.9. The van der Waals surface area contributed by atoms with E-state index in [1.54, 1.807) is 6.92 Å². The topological polar surface area (TPSA) is 46.5 Å². The summed E-state index contributed by atoms with van der Waals surface area (Å²) in [6.45, 7) is 4.22. The third kappa shape index (κ3) is 4.17. The van der Waals surface area contributed by atoms with Crippen LogP contribution in [0.2, 0.25) is 0 Å². The van der Waals surface area contributed by atoms with E-state index < -0.39 is 11.9 Å². The first-order valence-electron chi connectivity index (χ1n) is 7.06. The molecule has 0 heterocycles. The first kappa shape index (κ1) is 15.3. The number of hydrogen-bond acceptors (Lipinski definition) is 2. The minimum absolute atomic E-state index is 0.0313. The van der Waals surface area contributed by atoms with E-state index in [1.165, 1.54) is 0 Å². The number of hydrogen-bond donors (Lipinski definition) is 1. The molecule has 3 heteroatoms. The van der Waals surface area contributed by atoms with Crippen molar-refractivity contribution >= 4 is 5.97 Å². The Kier molecular flexibility index (Phi) is 5.12. The van der Waals surface area contributed by atoms with Crippen LogP contribution in [0.15, 0.2) is 54.6 Å². The van der Waals surface area contributed by atoms with Crippen molar-refractivity contribution in [3.05, 3.63) is 71.3 Å². The summed E-state index contributed by atoms with van der Waals surface area (Å²) >= 11 is 0. The van der Waals surface area contributed by atoms with Crippen LogP contribution in [0, 0.1) is 0 Å². The van der Waals surface area contributed by atoms with Crippen molar-refractivity contribution in [3.63, 3.8) is 0 Å². The average Bonchev–Trinajstić information content (AvgIpc) is 2.53. The van der Waals surface area contributed by atoms with Gasteiger partial charge in [-0.15, -0.1) is 0 Å². The average molecular weight is 284 g/mol. The Morgan fingerprint density at radius 1 is 1.00 bits per heavy atom. The highest BCUT2D eigenvalue weighted by Gasteiger charge is 2.13. The van der Waals surface area contributed by atoms with E-state index >= 15 is 0 Å². The van der Waals surface area contributed by atoms with Gasteiger partial charge in [0.1, 0.15) is 0 Å². The maximum Gasteiger partial charge on any atom is 0.310 e. The van der Waals surface area contributed by atoms with Crippen LogP contribution in [0.25, 0.3) is 0 Å². The molecule has 0 saturated carbocycles. The van der Waals surface area contributed by atoms with E-state index in [-0.39, 0.29) is 6.10 Å². The largest absolute Gasteiger partial charge is 0.481 e. The number of benzene rings is 2. The van der Waals surface area contributed by atoms with Crippen LogP contribution in [-0.2, 0) is 16.1 Å². The summed E-state index contributed by atoms with van der Waals surface area (Å²) in [5.74, 6) is -1.29. The van der Waals surface area contributed by atoms with E-state index in [2.05, 4.69) is 0 Å². The third-order valence-electron chi connectivity index (χ3n) is 3.62. The molecule has 0 amide bonds. The molecule has 2 aromatic rings. The molecule has 0 radical (unpaired) electrons. The summed E-state index contributed by atoms with van der Waals surface area (Å²) in [6.07, 6.45) is 0.0313. The number of carbonyl (C=O) groups is 1. The fourth-order valence-electron chi connectivity index (χ4n) is 2.09. The van der Waals surface area contributed by atoms with Crippen LogP contribution < -0.4 is 0 Å². The number of carboxylic acid groups (broad SMARTS) is 1. The summed E-state index contributed by atoms with van der Waals surface area (Å²) < 4.78 is 5.85. The minimum atomic E-state index is -0.809. The number of rotatable bonds is 6. The van der Waals surface area contributed by atoms with Crippen molar-refractivity contribution in [3.8, 4) is 0 Å². The van der Waals surface area contributed by atoms with Gasteiger partial charge in [0.15, 0.2) is 0 Å². The predicted molar refractivity (Wildman–Crippen MR) is 82.1 cm³/mol. The predicted octanol–water partition coefficient (Wildman–Crippen LogP) is 4.15. The smallest absolute Gasteiger partial charge is 0.310 e. The summed E-state index contributed by atoms with van der Waals surface area (Å²) in [6, 6.07) is 17.6. The van der Waals surface area contributed by atoms with Crippen LogP contribution in [0.3, 0.4) is 0 Å². The Morgan fingerprint density at radius 2 is 1.62 bits per heavy atom. The molecule has 0 aliphatic rings. The molecule has 0 aliphatic carbocycles. The zero-order chi connectivity index (χ0) is 15.2. The van der Waals surface area contributed by atoms with Crippen molar-refractivity contribution in [2.24, 2.45) is 0 Å². The summed E-state index contributed by atoms with van der Waals surface area (Å²) in [7, 11) is 0. The molecule has 110 valence electrons. The molecule has 2 unspecified atom stereocenters. The monoisotopic (exact) mass is 284 g/mol. The van der Waals surface area contributed by atoms with Gasteiger partial charge in [-0.3, -0.25) is 4.79 Å². The highest BCUT2D eigenvalue weighted by molar-refractivity contribution is 5.75. The Hall–Kier alpha value is -2.13. The van der Waals surface area contributed by atoms with E-state index in [9.17, 15) is 4.79 Å². The van der Waals surface area contributed by atoms with Gasteiger partial charge in [0, 0.05) is 0 Å². The van der Waals surface area contributed by atoms with E-state index in [1.807, 2.05) is 61.5 Å². The lowest BCUT2D eigenvalue weighted by Gasteiger charge is -2.14. The van der Waals surface area contributed by atoms with Crippen molar-refractivity contribution in [2.45, 2.75) is 32.5 Å². The van der Waals surface area contributed by atoms with E-state index in [0.717, 1.165) is 16.7 Å². The molecule has 0 aliphatic heterocycles. The first-order valence-corrected chi connectivity index (χ1v) is 7.06. The van der Waals surface area contributed by atoms with Crippen LogP contribution in [-0.4, -0.2) is 11.1 Å². The number of carboxylic acids is 1. The molecule has 0 bridgehead atoms. The zero-order valence-corrected chi connectivity index (χ0v) is 12.3. The lowest BCUT2D eigenvalue weighted by atomic mass is 10.0. The van der Waals surface area contributed by atoms with Crippen molar-refractivity contribution in [1.82, 2.24) is 0 Å². The molecule has 2 aromatic carbocycles. The SMILES string of the molecule is CC(OCc1ccc(C(C)C(=O)O)cc1)c1ccccc1. The van der Waals surface area contributed by atoms with Gasteiger partial charge in [0.05, 0.1) is 18.6 Å². The maximum absolute atomic E-state index is 10.9. The molecule has 0 spiro atoms. The van der Waals surface area contributed by atoms with Gasteiger partial charge in [-0.2, -0.15) is 0 Å². The molecule has 0 fully saturated rings. The fourth-order valence-corrected chi connectivity index (χ4v) is 2.09. The Balaban J connectivity index is 1.93. The molecule has 0 saturated heterocycles. The second kappa shape index (κ2) is 7.04. The standard InChI is InChI=1S/C18H20O3/c1-13(18(19)20)16-10-8-15(9-11-16)12-21-14(2)17-6-4-3-5-7-17/h3-11,13-14H,12H2,1-2H3,(H,19,20). The lowest BCUT2D eigenvalue weighted by Crippen LogP contribution is -2.07. The second-order valence-electron chi connectivity index (χ2n) is 5.17. The summed E-state index contributed by atoms with van der Waals surface area (Å²) in [5, 5.41) is 8.98. The first-order chi connectivity index (χ1) is 10.1.